The van der Waals surface area contributed by atoms with Crippen LogP contribution in [0.15, 0.2) is 4.42 Å². The van der Waals surface area contributed by atoms with Crippen molar-refractivity contribution in [2.75, 3.05) is 18.1 Å². The third kappa shape index (κ3) is 2.27. The lowest BCUT2D eigenvalue weighted by Crippen LogP contribution is -2.00. The fourth-order valence-electron chi connectivity index (χ4n) is 1.52. The Morgan fingerprint density at radius 2 is 2.43 bits per heavy atom. The summed E-state index contributed by atoms with van der Waals surface area (Å²) < 4.78 is 5.58. The van der Waals surface area contributed by atoms with Crippen molar-refractivity contribution < 1.29 is 4.42 Å². The van der Waals surface area contributed by atoms with Gasteiger partial charge in [0, 0.05) is 18.1 Å². The van der Waals surface area contributed by atoms with Crippen molar-refractivity contribution in [3.8, 4) is 0 Å². The highest BCUT2D eigenvalue weighted by Gasteiger charge is 2.22. The second-order valence-electron chi connectivity index (χ2n) is 3.49. The number of hydrogen-bond donors (Lipinski definition) is 1. The predicted molar refractivity (Wildman–Crippen MR) is 56.4 cm³/mol. The quantitative estimate of drug-likeness (QED) is 0.813. The molecule has 1 saturated heterocycles. The second-order valence-corrected chi connectivity index (χ2v) is 4.64. The Morgan fingerprint density at radius 1 is 1.50 bits per heavy atom. The molecule has 2 rings (SSSR count). The number of hydrogen-bond acceptors (Lipinski definition) is 5. The molecule has 1 atom stereocenters. The molecule has 0 bridgehead atoms. The van der Waals surface area contributed by atoms with Crippen LogP contribution in [0.3, 0.4) is 0 Å². The number of nitrogens with zero attached hydrogens (tertiary/aromatic N) is 2. The van der Waals surface area contributed by atoms with Crippen LogP contribution in [0.1, 0.15) is 30.5 Å². The first kappa shape index (κ1) is 9.98. The maximum absolute atomic E-state index is 5.58. The fourth-order valence-corrected chi connectivity index (χ4v) is 2.73. The lowest BCUT2D eigenvalue weighted by atomic mass is 10.1. The number of aryl methyl sites for hydroxylation is 1. The molecule has 1 aromatic heterocycles. The molecule has 0 aromatic carbocycles. The van der Waals surface area contributed by atoms with E-state index < -0.39 is 0 Å². The summed E-state index contributed by atoms with van der Waals surface area (Å²) in [5.74, 6) is 4.38. The predicted octanol–water partition coefficient (Wildman–Crippen LogP) is 1.18. The molecule has 2 heterocycles. The summed E-state index contributed by atoms with van der Waals surface area (Å²) in [7, 11) is 0. The normalized spacial score (nSPS) is 21.6. The molecule has 0 radical (unpaired) electrons. The third-order valence-electron chi connectivity index (χ3n) is 2.36. The highest BCUT2D eigenvalue weighted by molar-refractivity contribution is 7.99. The first-order valence-corrected chi connectivity index (χ1v) is 6.15. The van der Waals surface area contributed by atoms with Gasteiger partial charge in [-0.3, -0.25) is 0 Å². The summed E-state index contributed by atoms with van der Waals surface area (Å²) in [4.78, 5) is 0. The van der Waals surface area contributed by atoms with Crippen LogP contribution in [0.5, 0.6) is 0 Å². The zero-order valence-corrected chi connectivity index (χ0v) is 8.92. The Hall–Kier alpha value is -0.550. The van der Waals surface area contributed by atoms with E-state index in [9.17, 15) is 0 Å². The molecule has 1 fully saturated rings. The second kappa shape index (κ2) is 4.79. The van der Waals surface area contributed by atoms with Gasteiger partial charge in [0.25, 0.3) is 0 Å². The molecular weight excluding hydrogens is 198 g/mol. The zero-order valence-electron chi connectivity index (χ0n) is 8.11. The number of rotatable bonds is 4. The van der Waals surface area contributed by atoms with Gasteiger partial charge < -0.3 is 10.2 Å². The SMILES string of the molecule is NCCCc1nnc(C2CCSC2)o1. The molecule has 0 saturated carbocycles. The van der Waals surface area contributed by atoms with Crippen LogP contribution in [0.4, 0.5) is 0 Å². The van der Waals surface area contributed by atoms with Crippen LogP contribution in [0.25, 0.3) is 0 Å². The third-order valence-corrected chi connectivity index (χ3v) is 3.52. The van der Waals surface area contributed by atoms with Crippen LogP contribution in [-0.2, 0) is 6.42 Å². The van der Waals surface area contributed by atoms with Crippen LogP contribution < -0.4 is 5.73 Å². The van der Waals surface area contributed by atoms with Gasteiger partial charge in [-0.15, -0.1) is 10.2 Å². The standard InChI is InChI=1S/C9H15N3OS/c10-4-1-2-8-11-12-9(13-8)7-3-5-14-6-7/h7H,1-6,10H2. The van der Waals surface area contributed by atoms with Crippen LogP contribution >= 0.6 is 11.8 Å². The van der Waals surface area contributed by atoms with Crippen molar-refractivity contribution in [3.05, 3.63) is 11.8 Å². The van der Waals surface area contributed by atoms with Crippen molar-refractivity contribution in [1.29, 1.82) is 0 Å². The molecule has 1 aliphatic rings. The molecule has 1 aliphatic heterocycles. The molecule has 4 nitrogen and oxygen atoms in total. The zero-order chi connectivity index (χ0) is 9.80. The smallest absolute Gasteiger partial charge is 0.220 e. The van der Waals surface area contributed by atoms with Gasteiger partial charge in [-0.1, -0.05) is 0 Å². The Morgan fingerprint density at radius 3 is 3.14 bits per heavy atom. The number of nitrogens with two attached hydrogens (primary N) is 1. The maximum Gasteiger partial charge on any atom is 0.220 e. The summed E-state index contributed by atoms with van der Waals surface area (Å²) in [5.41, 5.74) is 5.41. The first-order chi connectivity index (χ1) is 6.90. The Kier molecular flexibility index (Phi) is 3.42. The Balaban J connectivity index is 1.94. The van der Waals surface area contributed by atoms with Crippen LogP contribution in [0, 0.1) is 0 Å². The molecule has 0 amide bonds. The Labute approximate surface area is 87.6 Å². The Bertz CT molecular complexity index is 283. The van der Waals surface area contributed by atoms with E-state index in [1.165, 1.54) is 12.2 Å². The highest BCUT2D eigenvalue weighted by atomic mass is 32.2. The van der Waals surface area contributed by atoms with E-state index in [-0.39, 0.29) is 0 Å². The van der Waals surface area contributed by atoms with E-state index >= 15 is 0 Å². The van der Waals surface area contributed by atoms with E-state index in [0.29, 0.717) is 12.5 Å². The van der Waals surface area contributed by atoms with Crippen LogP contribution in [0.2, 0.25) is 0 Å². The molecule has 78 valence electrons. The first-order valence-electron chi connectivity index (χ1n) is 5.00. The van der Waals surface area contributed by atoms with Crippen molar-refractivity contribution in [2.24, 2.45) is 5.73 Å². The van der Waals surface area contributed by atoms with E-state index in [2.05, 4.69) is 10.2 Å². The summed E-state index contributed by atoms with van der Waals surface area (Å²) in [6.07, 6.45) is 2.90. The van der Waals surface area contributed by atoms with Gasteiger partial charge in [-0.25, -0.2) is 0 Å². The maximum atomic E-state index is 5.58. The highest BCUT2D eigenvalue weighted by Crippen LogP contribution is 2.31. The number of aromatic nitrogens is 2. The van der Waals surface area contributed by atoms with Gasteiger partial charge in [-0.05, 0) is 25.1 Å². The topological polar surface area (TPSA) is 64.9 Å². The van der Waals surface area contributed by atoms with Crippen LogP contribution in [-0.4, -0.2) is 28.2 Å². The lowest BCUT2D eigenvalue weighted by Gasteiger charge is -1.99. The van der Waals surface area contributed by atoms with Gasteiger partial charge in [0.2, 0.25) is 11.8 Å². The molecule has 0 aliphatic carbocycles. The molecule has 0 spiro atoms. The molecule has 2 N–H and O–H groups in total. The summed E-state index contributed by atoms with van der Waals surface area (Å²) in [6, 6.07) is 0. The van der Waals surface area contributed by atoms with E-state index in [4.69, 9.17) is 10.2 Å². The number of thioether (sulfide) groups is 1. The van der Waals surface area contributed by atoms with Gasteiger partial charge in [0.15, 0.2) is 0 Å². The molecule has 14 heavy (non-hydrogen) atoms. The molecule has 1 aromatic rings. The van der Waals surface area contributed by atoms with Gasteiger partial charge >= 0.3 is 0 Å². The summed E-state index contributed by atoms with van der Waals surface area (Å²) >= 11 is 1.96. The minimum atomic E-state index is 0.485. The van der Waals surface area contributed by atoms with Gasteiger partial charge in [0.1, 0.15) is 0 Å². The van der Waals surface area contributed by atoms with Gasteiger partial charge in [-0.2, -0.15) is 11.8 Å². The molecule has 1 unspecified atom stereocenters. The van der Waals surface area contributed by atoms with Crippen molar-refractivity contribution in [1.82, 2.24) is 10.2 Å². The largest absolute Gasteiger partial charge is 0.425 e. The summed E-state index contributed by atoms with van der Waals surface area (Å²) in [6.45, 7) is 0.678. The lowest BCUT2D eigenvalue weighted by molar-refractivity contribution is 0.422. The average Bonchev–Trinajstić information content (AvgIpc) is 2.85. The fraction of sp³-hybridized carbons (Fsp3) is 0.778. The van der Waals surface area contributed by atoms with Crippen molar-refractivity contribution in [2.45, 2.75) is 25.2 Å². The van der Waals surface area contributed by atoms with Crippen molar-refractivity contribution in [3.63, 3.8) is 0 Å². The average molecular weight is 213 g/mol. The van der Waals surface area contributed by atoms with Gasteiger partial charge in [0.05, 0.1) is 0 Å². The minimum absolute atomic E-state index is 0.485. The van der Waals surface area contributed by atoms with E-state index in [1.807, 2.05) is 11.8 Å². The van der Waals surface area contributed by atoms with Crippen molar-refractivity contribution >= 4 is 11.8 Å². The van der Waals surface area contributed by atoms with E-state index in [1.54, 1.807) is 0 Å². The molecule has 5 heteroatoms. The monoisotopic (exact) mass is 213 g/mol. The minimum Gasteiger partial charge on any atom is -0.425 e. The van der Waals surface area contributed by atoms with E-state index in [0.717, 1.165) is 30.4 Å². The molecular formula is C9H15N3OS. The summed E-state index contributed by atoms with van der Waals surface area (Å²) in [5, 5.41) is 8.10.